The van der Waals surface area contributed by atoms with Crippen LogP contribution in [0.3, 0.4) is 0 Å². The molecule has 142 valence electrons. The Hall–Kier alpha value is -3.93. The summed E-state index contributed by atoms with van der Waals surface area (Å²) in [6.07, 6.45) is 11.5. The molecule has 3 aliphatic rings. The van der Waals surface area contributed by atoms with Gasteiger partial charge in [0.15, 0.2) is 0 Å². The molecule has 5 nitrogen and oxygen atoms in total. The topological polar surface area (TPSA) is 63.6 Å². The fourth-order valence-corrected chi connectivity index (χ4v) is 3.97. The number of fused-ring (bicyclic) bond motifs is 2. The molecule has 2 aromatic carbocycles. The van der Waals surface area contributed by atoms with E-state index in [1.807, 2.05) is 42.6 Å². The van der Waals surface area contributed by atoms with Gasteiger partial charge in [-0.3, -0.25) is 4.99 Å². The molecule has 0 bridgehead atoms. The number of nitrogens with zero attached hydrogens (tertiary/aromatic N) is 4. The molecule has 30 heavy (non-hydrogen) atoms. The van der Waals surface area contributed by atoms with Crippen LogP contribution in [0.15, 0.2) is 118 Å². The van der Waals surface area contributed by atoms with Crippen LogP contribution in [0.2, 0.25) is 0 Å². The number of hydrogen-bond acceptors (Lipinski definition) is 4. The Morgan fingerprint density at radius 2 is 1.73 bits per heavy atom. The van der Waals surface area contributed by atoms with Gasteiger partial charge in [0.05, 0.1) is 29.2 Å². The lowest BCUT2D eigenvalue weighted by Crippen LogP contribution is -2.53. The standard InChI is InChI=1S/C25H18N5/c26-30-14-13-27-16-23(30)24(19-7-4-8-19)29-25(30)20-10-9-18-11-12-21(28-22(18)15-20)17-5-2-1-3-6-17/h1-16H,26H2/q+1. The van der Waals surface area contributed by atoms with E-state index in [9.17, 15) is 0 Å². The Morgan fingerprint density at radius 1 is 0.900 bits per heavy atom. The van der Waals surface area contributed by atoms with Crippen LogP contribution in [0.5, 0.6) is 0 Å². The molecular formula is C25H18N5+. The smallest absolute Gasteiger partial charge is 0.253 e. The monoisotopic (exact) mass is 388 g/mol. The number of amidine groups is 1. The van der Waals surface area contributed by atoms with Gasteiger partial charge in [-0.1, -0.05) is 60.7 Å². The lowest BCUT2D eigenvalue weighted by Gasteiger charge is -2.26. The number of pyridine rings is 1. The molecule has 0 spiro atoms. The van der Waals surface area contributed by atoms with E-state index in [-0.39, 0.29) is 4.59 Å². The van der Waals surface area contributed by atoms with Gasteiger partial charge in [0.1, 0.15) is 11.9 Å². The highest BCUT2D eigenvalue weighted by molar-refractivity contribution is 6.03. The number of allylic oxidation sites excluding steroid dienone is 4. The number of aromatic nitrogens is 1. The van der Waals surface area contributed by atoms with E-state index < -0.39 is 0 Å². The zero-order valence-electron chi connectivity index (χ0n) is 16.1. The Kier molecular flexibility index (Phi) is 3.56. The largest absolute Gasteiger partial charge is 0.265 e. The van der Waals surface area contributed by atoms with E-state index in [0.717, 1.165) is 50.5 Å². The summed E-state index contributed by atoms with van der Waals surface area (Å²) in [5.74, 6) is 7.57. The number of aliphatic imine (C=N–C) groups is 2. The molecule has 0 fully saturated rings. The van der Waals surface area contributed by atoms with E-state index in [1.165, 1.54) is 0 Å². The fraction of sp³-hybridized carbons (Fsp3) is 0. The van der Waals surface area contributed by atoms with Crippen molar-refractivity contribution < 1.29 is 4.59 Å². The molecule has 6 rings (SSSR count). The summed E-state index contributed by atoms with van der Waals surface area (Å²) in [6, 6.07) is 20.5. The second-order valence-electron chi connectivity index (χ2n) is 7.47. The van der Waals surface area contributed by atoms with Crippen molar-refractivity contribution in [2.45, 2.75) is 0 Å². The summed E-state index contributed by atoms with van der Waals surface area (Å²) >= 11 is 0. The van der Waals surface area contributed by atoms with Gasteiger partial charge < -0.3 is 0 Å². The van der Waals surface area contributed by atoms with Crippen LogP contribution in [0, 0.1) is 0 Å². The minimum Gasteiger partial charge on any atom is -0.253 e. The number of benzene rings is 2. The third-order valence-electron chi connectivity index (χ3n) is 5.64. The first-order valence-corrected chi connectivity index (χ1v) is 9.80. The van der Waals surface area contributed by atoms with E-state index in [4.69, 9.17) is 15.8 Å². The maximum Gasteiger partial charge on any atom is 0.265 e. The first-order valence-electron chi connectivity index (χ1n) is 9.80. The second-order valence-corrected chi connectivity index (χ2v) is 7.47. The Balaban J connectivity index is 1.48. The van der Waals surface area contributed by atoms with Gasteiger partial charge in [-0.2, -0.15) is 10.8 Å². The van der Waals surface area contributed by atoms with Gasteiger partial charge in [-0.05, 0) is 18.2 Å². The van der Waals surface area contributed by atoms with Crippen LogP contribution in [0.1, 0.15) is 5.56 Å². The van der Waals surface area contributed by atoms with Crippen molar-refractivity contribution >= 4 is 23.0 Å². The molecule has 3 aromatic rings. The third-order valence-corrected chi connectivity index (χ3v) is 5.64. The average Bonchev–Trinajstić information content (AvgIpc) is 3.05. The Morgan fingerprint density at radius 3 is 2.53 bits per heavy atom. The second kappa shape index (κ2) is 6.29. The molecule has 1 atom stereocenters. The summed E-state index contributed by atoms with van der Waals surface area (Å²) in [5, 5.41) is 1.08. The van der Waals surface area contributed by atoms with Crippen LogP contribution in [-0.2, 0) is 0 Å². The third kappa shape index (κ3) is 2.47. The molecule has 2 N–H and O–H groups in total. The summed E-state index contributed by atoms with van der Waals surface area (Å²) in [5.41, 5.74) is 6.70. The highest BCUT2D eigenvalue weighted by atomic mass is 15.6. The SMILES string of the molecule is N[N+]12C=CN=CC1=C(C1=CC=C1)N=C2c1ccc2ccc(-c3ccccc3)nc2c1. The van der Waals surface area contributed by atoms with Crippen molar-refractivity contribution in [3.05, 3.63) is 114 Å². The lowest BCUT2D eigenvalue weighted by atomic mass is 10.0. The molecule has 2 aliphatic heterocycles. The number of quaternary nitrogens is 1. The maximum atomic E-state index is 6.81. The van der Waals surface area contributed by atoms with Gasteiger partial charge in [0.25, 0.3) is 5.84 Å². The number of hydrogen-bond donors (Lipinski definition) is 1. The van der Waals surface area contributed by atoms with Crippen molar-refractivity contribution in [3.8, 4) is 11.3 Å². The number of rotatable bonds is 3. The van der Waals surface area contributed by atoms with Crippen molar-refractivity contribution in [3.63, 3.8) is 0 Å². The molecule has 1 aromatic heterocycles. The first kappa shape index (κ1) is 17.0. The van der Waals surface area contributed by atoms with E-state index in [2.05, 4.69) is 47.5 Å². The molecule has 0 radical (unpaired) electrons. The molecule has 1 unspecified atom stereocenters. The zero-order chi connectivity index (χ0) is 20.1. The molecule has 0 saturated carbocycles. The maximum absolute atomic E-state index is 6.81. The average molecular weight is 388 g/mol. The number of nitrogens with two attached hydrogens (primary N) is 1. The van der Waals surface area contributed by atoms with Crippen molar-refractivity contribution in [2.24, 2.45) is 15.8 Å². The highest BCUT2D eigenvalue weighted by Gasteiger charge is 2.44. The highest BCUT2D eigenvalue weighted by Crippen LogP contribution is 2.36. The van der Waals surface area contributed by atoms with Crippen molar-refractivity contribution in [2.75, 3.05) is 0 Å². The van der Waals surface area contributed by atoms with Crippen LogP contribution in [0.4, 0.5) is 0 Å². The van der Waals surface area contributed by atoms with Gasteiger partial charge in [-0.25, -0.2) is 4.98 Å². The molecule has 3 heterocycles. The van der Waals surface area contributed by atoms with Crippen molar-refractivity contribution in [1.82, 2.24) is 4.98 Å². The molecular weight excluding hydrogens is 370 g/mol. The van der Waals surface area contributed by atoms with Crippen LogP contribution < -0.4 is 5.84 Å². The summed E-state index contributed by atoms with van der Waals surface area (Å²) in [7, 11) is 0. The molecule has 0 amide bonds. The van der Waals surface area contributed by atoms with Gasteiger partial charge in [-0.15, -0.1) is 4.59 Å². The summed E-state index contributed by atoms with van der Waals surface area (Å²) in [6.45, 7) is 0. The quantitative estimate of drug-likeness (QED) is 0.526. The van der Waals surface area contributed by atoms with Crippen LogP contribution in [-0.4, -0.2) is 21.6 Å². The molecule has 0 saturated heterocycles. The minimum atomic E-state index is 0.00783. The predicted octanol–water partition coefficient (Wildman–Crippen LogP) is 4.62. The van der Waals surface area contributed by atoms with E-state index in [1.54, 1.807) is 12.4 Å². The Bertz CT molecular complexity index is 1390. The van der Waals surface area contributed by atoms with Gasteiger partial charge in [0.2, 0.25) is 5.70 Å². The fourth-order valence-electron chi connectivity index (χ4n) is 3.97. The predicted molar refractivity (Wildman–Crippen MR) is 120 cm³/mol. The van der Waals surface area contributed by atoms with E-state index >= 15 is 0 Å². The minimum absolute atomic E-state index is 0.00783. The molecule has 1 aliphatic carbocycles. The van der Waals surface area contributed by atoms with Crippen molar-refractivity contribution in [1.29, 1.82) is 0 Å². The van der Waals surface area contributed by atoms with Crippen LogP contribution in [0.25, 0.3) is 22.2 Å². The van der Waals surface area contributed by atoms with E-state index in [0.29, 0.717) is 0 Å². The lowest BCUT2D eigenvalue weighted by molar-refractivity contribution is -0.750. The normalized spacial score (nSPS) is 21.5. The van der Waals surface area contributed by atoms with Gasteiger partial charge >= 0.3 is 0 Å². The molecule has 5 heteroatoms. The zero-order valence-corrected chi connectivity index (χ0v) is 16.1. The van der Waals surface area contributed by atoms with Gasteiger partial charge in [0, 0.05) is 16.5 Å². The van der Waals surface area contributed by atoms with Crippen LogP contribution >= 0.6 is 0 Å². The Labute approximate surface area is 173 Å². The summed E-state index contributed by atoms with van der Waals surface area (Å²) < 4.78 is 0.00783. The summed E-state index contributed by atoms with van der Waals surface area (Å²) in [4.78, 5) is 14.1. The first-order chi connectivity index (χ1) is 14.7.